The Bertz CT molecular complexity index is 1330. The molecule has 0 aliphatic heterocycles. The maximum Gasteiger partial charge on any atom is 0.262 e. The van der Waals surface area contributed by atoms with Crippen LogP contribution in [0.5, 0.6) is 11.5 Å². The standard InChI is InChI=1S/C30H26Br2N2O4/c1-19-15-23(31)7-13-27(19)37-17-29(35)33-25-9-3-21(4-10-25)22-5-11-26(12-6-22)34-30(36)18-38-28-14-8-24(32)16-20(28)2/h3-16H,17-18H2,1-2H3,(H,33,35)(H,34,36). The van der Waals surface area contributed by atoms with Gasteiger partial charge in [0.25, 0.3) is 11.8 Å². The van der Waals surface area contributed by atoms with Crippen LogP contribution in [-0.2, 0) is 9.59 Å². The van der Waals surface area contributed by atoms with Gasteiger partial charge in [-0.1, -0.05) is 56.1 Å². The number of hydrogen-bond donors (Lipinski definition) is 2. The second-order valence-electron chi connectivity index (χ2n) is 8.65. The van der Waals surface area contributed by atoms with Gasteiger partial charge in [-0.3, -0.25) is 9.59 Å². The Morgan fingerprint density at radius 2 is 0.974 bits per heavy atom. The van der Waals surface area contributed by atoms with Crippen LogP contribution in [0.1, 0.15) is 11.1 Å². The summed E-state index contributed by atoms with van der Waals surface area (Å²) in [4.78, 5) is 24.6. The van der Waals surface area contributed by atoms with Crippen LogP contribution < -0.4 is 20.1 Å². The smallest absolute Gasteiger partial charge is 0.262 e. The molecule has 0 unspecified atom stereocenters. The van der Waals surface area contributed by atoms with Gasteiger partial charge in [-0.05, 0) is 96.8 Å². The van der Waals surface area contributed by atoms with E-state index in [9.17, 15) is 9.59 Å². The van der Waals surface area contributed by atoms with Crippen LogP contribution in [-0.4, -0.2) is 25.0 Å². The average Bonchev–Trinajstić information content (AvgIpc) is 2.89. The summed E-state index contributed by atoms with van der Waals surface area (Å²) in [6.07, 6.45) is 0. The van der Waals surface area contributed by atoms with Crippen molar-refractivity contribution >= 4 is 55.0 Å². The van der Waals surface area contributed by atoms with Crippen LogP contribution in [0.2, 0.25) is 0 Å². The zero-order valence-electron chi connectivity index (χ0n) is 20.9. The summed E-state index contributed by atoms with van der Waals surface area (Å²) in [7, 11) is 0. The molecule has 0 aliphatic carbocycles. The molecule has 0 bridgehead atoms. The van der Waals surface area contributed by atoms with Crippen molar-refractivity contribution in [3.8, 4) is 22.6 Å². The van der Waals surface area contributed by atoms with E-state index in [4.69, 9.17) is 9.47 Å². The Morgan fingerprint density at radius 1 is 0.605 bits per heavy atom. The fraction of sp³-hybridized carbons (Fsp3) is 0.133. The first-order valence-corrected chi connectivity index (χ1v) is 13.4. The molecule has 0 fully saturated rings. The van der Waals surface area contributed by atoms with E-state index >= 15 is 0 Å². The number of aryl methyl sites for hydroxylation is 2. The van der Waals surface area contributed by atoms with Crippen LogP contribution in [0.15, 0.2) is 93.9 Å². The third-order valence-corrected chi connectivity index (χ3v) is 6.65. The number of rotatable bonds is 9. The van der Waals surface area contributed by atoms with Crippen molar-refractivity contribution in [1.29, 1.82) is 0 Å². The normalized spacial score (nSPS) is 10.5. The highest BCUT2D eigenvalue weighted by molar-refractivity contribution is 9.10. The number of carbonyl (C=O) groups excluding carboxylic acids is 2. The molecule has 0 spiro atoms. The monoisotopic (exact) mass is 636 g/mol. The van der Waals surface area contributed by atoms with Crippen molar-refractivity contribution < 1.29 is 19.1 Å². The van der Waals surface area contributed by atoms with Gasteiger partial charge in [0.05, 0.1) is 0 Å². The molecule has 0 saturated carbocycles. The molecule has 0 heterocycles. The molecule has 0 atom stereocenters. The summed E-state index contributed by atoms with van der Waals surface area (Å²) in [6, 6.07) is 26.4. The molecule has 0 aliphatic rings. The molecule has 0 aromatic heterocycles. The van der Waals surface area contributed by atoms with E-state index in [1.807, 2.05) is 98.8 Å². The minimum atomic E-state index is -0.237. The molecule has 2 amide bonds. The molecule has 8 heteroatoms. The predicted octanol–water partition coefficient (Wildman–Crippen LogP) is 7.53. The quantitative estimate of drug-likeness (QED) is 0.199. The van der Waals surface area contributed by atoms with Gasteiger partial charge < -0.3 is 20.1 Å². The molecule has 2 N–H and O–H groups in total. The molecular weight excluding hydrogens is 612 g/mol. The van der Waals surface area contributed by atoms with Crippen molar-refractivity contribution in [3.63, 3.8) is 0 Å². The number of nitrogens with one attached hydrogen (secondary N) is 2. The highest BCUT2D eigenvalue weighted by Crippen LogP contribution is 2.25. The average molecular weight is 638 g/mol. The number of halogens is 2. The summed E-state index contributed by atoms with van der Waals surface area (Å²) < 4.78 is 13.2. The molecule has 6 nitrogen and oxygen atoms in total. The molecular formula is C30H26Br2N2O4. The highest BCUT2D eigenvalue weighted by Gasteiger charge is 2.08. The van der Waals surface area contributed by atoms with E-state index in [0.29, 0.717) is 22.9 Å². The minimum absolute atomic E-state index is 0.0782. The largest absolute Gasteiger partial charge is 0.483 e. The Kier molecular flexibility index (Phi) is 9.20. The summed E-state index contributed by atoms with van der Waals surface area (Å²) in [5.74, 6) is 0.870. The molecule has 0 saturated heterocycles. The van der Waals surface area contributed by atoms with Gasteiger partial charge >= 0.3 is 0 Å². The van der Waals surface area contributed by atoms with Crippen molar-refractivity contribution in [2.45, 2.75) is 13.8 Å². The highest BCUT2D eigenvalue weighted by atomic mass is 79.9. The number of benzene rings is 4. The van der Waals surface area contributed by atoms with E-state index in [0.717, 1.165) is 31.2 Å². The van der Waals surface area contributed by atoms with Gasteiger partial charge in [0.15, 0.2) is 13.2 Å². The van der Waals surface area contributed by atoms with Gasteiger partial charge in [-0.25, -0.2) is 0 Å². The van der Waals surface area contributed by atoms with Crippen molar-refractivity contribution in [2.75, 3.05) is 23.8 Å². The minimum Gasteiger partial charge on any atom is -0.483 e. The maximum atomic E-state index is 12.3. The van der Waals surface area contributed by atoms with E-state index in [1.54, 1.807) is 0 Å². The first-order valence-electron chi connectivity index (χ1n) is 11.8. The number of carbonyl (C=O) groups is 2. The number of anilines is 2. The lowest BCUT2D eigenvalue weighted by atomic mass is 10.0. The van der Waals surface area contributed by atoms with Gasteiger partial charge in [0.2, 0.25) is 0 Å². The SMILES string of the molecule is Cc1cc(Br)ccc1OCC(=O)Nc1ccc(-c2ccc(NC(=O)COc3ccc(Br)cc3C)cc2)cc1. The van der Waals surface area contributed by atoms with E-state index in [1.165, 1.54) is 0 Å². The van der Waals surface area contributed by atoms with Crippen LogP contribution in [0.3, 0.4) is 0 Å². The Hall–Kier alpha value is -3.62. The molecule has 4 aromatic rings. The van der Waals surface area contributed by atoms with Crippen LogP contribution >= 0.6 is 31.9 Å². The number of amides is 2. The lowest BCUT2D eigenvalue weighted by Gasteiger charge is -2.11. The van der Waals surface area contributed by atoms with Crippen LogP contribution in [0.25, 0.3) is 11.1 Å². The third-order valence-electron chi connectivity index (χ3n) is 5.66. The first kappa shape index (κ1) is 27.4. The fourth-order valence-corrected chi connectivity index (χ4v) is 4.67. The van der Waals surface area contributed by atoms with Crippen LogP contribution in [0.4, 0.5) is 11.4 Å². The van der Waals surface area contributed by atoms with Gasteiger partial charge in [0.1, 0.15) is 11.5 Å². The molecule has 0 radical (unpaired) electrons. The van der Waals surface area contributed by atoms with Crippen LogP contribution in [0, 0.1) is 13.8 Å². The lowest BCUT2D eigenvalue weighted by molar-refractivity contribution is -0.118. The Labute approximate surface area is 238 Å². The molecule has 4 aromatic carbocycles. The Balaban J connectivity index is 1.26. The maximum absolute atomic E-state index is 12.3. The lowest BCUT2D eigenvalue weighted by Crippen LogP contribution is -2.20. The van der Waals surface area contributed by atoms with Gasteiger partial charge in [-0.2, -0.15) is 0 Å². The van der Waals surface area contributed by atoms with E-state index < -0.39 is 0 Å². The molecule has 4 rings (SSSR count). The topological polar surface area (TPSA) is 76.7 Å². The number of hydrogen-bond acceptors (Lipinski definition) is 4. The second-order valence-corrected chi connectivity index (χ2v) is 10.5. The second kappa shape index (κ2) is 12.8. The Morgan fingerprint density at radius 3 is 1.32 bits per heavy atom. The number of ether oxygens (including phenoxy) is 2. The van der Waals surface area contributed by atoms with Gasteiger partial charge in [-0.15, -0.1) is 0 Å². The summed E-state index contributed by atoms with van der Waals surface area (Å²) in [5.41, 5.74) is 5.23. The summed E-state index contributed by atoms with van der Waals surface area (Å²) >= 11 is 6.83. The predicted molar refractivity (Wildman–Crippen MR) is 158 cm³/mol. The van der Waals surface area contributed by atoms with E-state index in [2.05, 4.69) is 42.5 Å². The van der Waals surface area contributed by atoms with Crippen molar-refractivity contribution in [2.24, 2.45) is 0 Å². The molecule has 194 valence electrons. The summed E-state index contributed by atoms with van der Waals surface area (Å²) in [6.45, 7) is 3.70. The van der Waals surface area contributed by atoms with Gasteiger partial charge in [0, 0.05) is 20.3 Å². The van der Waals surface area contributed by atoms with E-state index in [-0.39, 0.29) is 25.0 Å². The zero-order chi connectivity index (χ0) is 27.1. The molecule has 38 heavy (non-hydrogen) atoms. The fourth-order valence-electron chi connectivity index (χ4n) is 3.72. The van der Waals surface area contributed by atoms with Crippen molar-refractivity contribution in [1.82, 2.24) is 0 Å². The zero-order valence-corrected chi connectivity index (χ0v) is 24.1. The third kappa shape index (κ3) is 7.69. The first-order chi connectivity index (χ1) is 18.3. The summed E-state index contributed by atoms with van der Waals surface area (Å²) in [5, 5.41) is 5.69. The van der Waals surface area contributed by atoms with Crippen molar-refractivity contribution in [3.05, 3.63) is 105 Å².